The minimum absolute atomic E-state index is 0.175. The summed E-state index contributed by atoms with van der Waals surface area (Å²) in [6.07, 6.45) is 1.37. The van der Waals surface area contributed by atoms with E-state index < -0.39 is 10.0 Å². The Morgan fingerprint density at radius 1 is 1.10 bits per heavy atom. The van der Waals surface area contributed by atoms with Crippen molar-refractivity contribution < 1.29 is 13.2 Å². The van der Waals surface area contributed by atoms with Crippen molar-refractivity contribution in [3.8, 4) is 0 Å². The Balaban J connectivity index is 1.55. The Morgan fingerprint density at radius 3 is 2.48 bits per heavy atom. The number of hydrogen-bond acceptors (Lipinski definition) is 8. The Labute approximate surface area is 190 Å². The minimum Gasteiger partial charge on any atom is -0.346 e. The van der Waals surface area contributed by atoms with Crippen molar-refractivity contribution in [1.29, 1.82) is 0 Å². The van der Waals surface area contributed by atoms with Crippen LogP contribution in [0.5, 0.6) is 0 Å². The maximum absolute atomic E-state index is 12.5. The van der Waals surface area contributed by atoms with Gasteiger partial charge in [-0.05, 0) is 17.7 Å². The van der Waals surface area contributed by atoms with E-state index in [2.05, 4.69) is 20.5 Å². The summed E-state index contributed by atoms with van der Waals surface area (Å²) >= 11 is 2.63. The summed E-state index contributed by atoms with van der Waals surface area (Å²) in [6.45, 7) is 4.85. The Bertz CT molecular complexity index is 1100. The highest BCUT2D eigenvalue weighted by Crippen LogP contribution is 2.24. The topological polar surface area (TPSA) is 105 Å². The SMILES string of the molecule is CCN(CC)S(=O)(=O)c1ccc(SCc2nnc(C(=O)NCc3ccccc3)s2)nc1. The molecule has 3 aromatic rings. The molecule has 1 amide bonds. The molecule has 0 saturated carbocycles. The molecule has 2 aromatic heterocycles. The van der Waals surface area contributed by atoms with Crippen LogP contribution in [0, 0.1) is 0 Å². The third-order valence-electron chi connectivity index (χ3n) is 4.35. The van der Waals surface area contributed by atoms with Gasteiger partial charge in [0.2, 0.25) is 15.0 Å². The van der Waals surface area contributed by atoms with Crippen molar-refractivity contribution in [2.45, 2.75) is 36.1 Å². The van der Waals surface area contributed by atoms with E-state index in [1.165, 1.54) is 33.6 Å². The zero-order valence-electron chi connectivity index (χ0n) is 17.2. The summed E-state index contributed by atoms with van der Waals surface area (Å²) in [5.74, 6) is 0.223. The third kappa shape index (κ3) is 6.10. The number of rotatable bonds is 10. The van der Waals surface area contributed by atoms with Crippen LogP contribution >= 0.6 is 23.1 Å². The zero-order valence-corrected chi connectivity index (χ0v) is 19.6. The van der Waals surface area contributed by atoms with Gasteiger partial charge in [0.25, 0.3) is 5.91 Å². The number of thioether (sulfide) groups is 1. The van der Waals surface area contributed by atoms with E-state index in [9.17, 15) is 13.2 Å². The third-order valence-corrected chi connectivity index (χ3v) is 8.45. The molecule has 0 aliphatic heterocycles. The first-order chi connectivity index (χ1) is 14.9. The van der Waals surface area contributed by atoms with E-state index in [1.54, 1.807) is 26.0 Å². The highest BCUT2D eigenvalue weighted by molar-refractivity contribution is 7.98. The lowest BCUT2D eigenvalue weighted by Gasteiger charge is -2.18. The molecule has 0 aliphatic rings. The first-order valence-corrected chi connectivity index (χ1v) is 12.9. The molecule has 2 heterocycles. The molecule has 0 radical (unpaired) electrons. The second-order valence-electron chi connectivity index (χ2n) is 6.38. The van der Waals surface area contributed by atoms with Gasteiger partial charge in [0.1, 0.15) is 9.90 Å². The predicted octanol–water partition coefficient (Wildman–Crippen LogP) is 3.19. The number of nitrogens with one attached hydrogen (secondary N) is 1. The number of carbonyl (C=O) groups is 1. The number of amides is 1. The lowest BCUT2D eigenvalue weighted by Crippen LogP contribution is -2.30. The molecule has 0 spiro atoms. The number of carbonyl (C=O) groups excluding carboxylic acids is 1. The molecule has 11 heteroatoms. The molecule has 0 atom stereocenters. The molecule has 0 unspecified atom stereocenters. The van der Waals surface area contributed by atoms with Crippen molar-refractivity contribution in [3.05, 3.63) is 64.2 Å². The second-order valence-corrected chi connectivity index (χ2v) is 10.4. The van der Waals surface area contributed by atoms with Crippen LogP contribution in [0.3, 0.4) is 0 Å². The average molecular weight is 478 g/mol. The summed E-state index contributed by atoms with van der Waals surface area (Å²) in [6, 6.07) is 12.9. The van der Waals surface area contributed by atoms with Gasteiger partial charge in [-0.1, -0.05) is 67.3 Å². The van der Waals surface area contributed by atoms with Crippen molar-refractivity contribution >= 4 is 39.0 Å². The Kier molecular flexibility index (Phi) is 8.13. The molecule has 0 aliphatic carbocycles. The summed E-state index contributed by atoms with van der Waals surface area (Å²) in [5.41, 5.74) is 1.01. The minimum atomic E-state index is -3.52. The molecule has 1 aromatic carbocycles. The van der Waals surface area contributed by atoms with Crippen molar-refractivity contribution in [3.63, 3.8) is 0 Å². The van der Waals surface area contributed by atoms with Gasteiger partial charge in [0.15, 0.2) is 0 Å². The van der Waals surface area contributed by atoms with E-state index >= 15 is 0 Å². The molecule has 0 fully saturated rings. The van der Waals surface area contributed by atoms with E-state index in [-0.39, 0.29) is 10.8 Å². The molecule has 0 saturated heterocycles. The fraction of sp³-hybridized carbons (Fsp3) is 0.300. The van der Waals surface area contributed by atoms with Crippen LogP contribution in [-0.4, -0.2) is 46.9 Å². The lowest BCUT2D eigenvalue weighted by atomic mass is 10.2. The van der Waals surface area contributed by atoms with Crippen molar-refractivity contribution in [1.82, 2.24) is 24.8 Å². The fourth-order valence-corrected chi connectivity index (χ4v) is 5.70. The number of sulfonamides is 1. The average Bonchev–Trinajstić information content (AvgIpc) is 3.27. The lowest BCUT2D eigenvalue weighted by molar-refractivity contribution is 0.0950. The number of hydrogen-bond donors (Lipinski definition) is 1. The first-order valence-electron chi connectivity index (χ1n) is 9.67. The highest BCUT2D eigenvalue weighted by atomic mass is 32.2. The van der Waals surface area contributed by atoms with E-state index in [4.69, 9.17) is 0 Å². The van der Waals surface area contributed by atoms with Gasteiger partial charge in [0.05, 0.1) is 10.8 Å². The van der Waals surface area contributed by atoms with Gasteiger partial charge >= 0.3 is 0 Å². The van der Waals surface area contributed by atoms with E-state index in [1.807, 2.05) is 30.3 Å². The Hall–Kier alpha value is -2.34. The molecular weight excluding hydrogens is 454 g/mol. The van der Waals surface area contributed by atoms with Crippen LogP contribution in [0.4, 0.5) is 0 Å². The highest BCUT2D eigenvalue weighted by Gasteiger charge is 2.21. The van der Waals surface area contributed by atoms with Crippen LogP contribution < -0.4 is 5.32 Å². The monoisotopic (exact) mass is 477 g/mol. The van der Waals surface area contributed by atoms with Gasteiger partial charge in [-0.3, -0.25) is 4.79 Å². The molecule has 8 nitrogen and oxygen atoms in total. The molecular formula is C20H23N5O3S3. The standard InChI is InChI=1S/C20H23N5O3S3/c1-3-25(4-2)31(27,28)16-10-11-17(21-13-16)29-14-18-23-24-20(30-18)19(26)22-12-15-8-6-5-7-9-15/h5-11,13H,3-4,12,14H2,1-2H3,(H,22,26). The number of benzene rings is 1. The molecule has 1 N–H and O–H groups in total. The molecule has 164 valence electrons. The van der Waals surface area contributed by atoms with Gasteiger partial charge in [-0.15, -0.1) is 10.2 Å². The van der Waals surface area contributed by atoms with Crippen LogP contribution in [0.15, 0.2) is 58.6 Å². The number of nitrogens with zero attached hydrogens (tertiary/aromatic N) is 4. The van der Waals surface area contributed by atoms with Gasteiger partial charge in [-0.2, -0.15) is 4.31 Å². The summed E-state index contributed by atoms with van der Waals surface area (Å²) in [7, 11) is -3.52. The van der Waals surface area contributed by atoms with E-state index in [0.29, 0.717) is 40.4 Å². The van der Waals surface area contributed by atoms with E-state index in [0.717, 1.165) is 5.56 Å². The van der Waals surface area contributed by atoms with Crippen LogP contribution in [0.25, 0.3) is 0 Å². The first kappa shape index (κ1) is 23.3. The fourth-order valence-electron chi connectivity index (χ4n) is 2.71. The van der Waals surface area contributed by atoms with Crippen LogP contribution in [0.1, 0.15) is 34.2 Å². The van der Waals surface area contributed by atoms with Gasteiger partial charge < -0.3 is 5.32 Å². The molecule has 0 bridgehead atoms. The summed E-state index contributed by atoms with van der Waals surface area (Å²) < 4.78 is 26.4. The van der Waals surface area contributed by atoms with Crippen LogP contribution in [0.2, 0.25) is 0 Å². The second kappa shape index (κ2) is 10.8. The smallest absolute Gasteiger partial charge is 0.282 e. The van der Waals surface area contributed by atoms with Crippen LogP contribution in [-0.2, 0) is 22.3 Å². The molecule has 31 heavy (non-hydrogen) atoms. The normalized spacial score (nSPS) is 11.6. The maximum atomic E-state index is 12.5. The van der Waals surface area contributed by atoms with Gasteiger partial charge in [0, 0.05) is 25.8 Å². The zero-order chi connectivity index (χ0) is 22.3. The van der Waals surface area contributed by atoms with Gasteiger partial charge in [-0.25, -0.2) is 13.4 Å². The molecule has 3 rings (SSSR count). The predicted molar refractivity (Wildman–Crippen MR) is 121 cm³/mol. The Morgan fingerprint density at radius 2 is 1.84 bits per heavy atom. The van der Waals surface area contributed by atoms with Crippen molar-refractivity contribution in [2.75, 3.05) is 13.1 Å². The summed E-state index contributed by atoms with van der Waals surface area (Å²) in [5, 5.41) is 12.5. The maximum Gasteiger partial charge on any atom is 0.282 e. The van der Waals surface area contributed by atoms with Crippen molar-refractivity contribution in [2.24, 2.45) is 0 Å². The number of aromatic nitrogens is 3. The largest absolute Gasteiger partial charge is 0.346 e. The number of pyridine rings is 1. The quantitative estimate of drug-likeness (QED) is 0.447. The summed E-state index contributed by atoms with van der Waals surface area (Å²) in [4.78, 5) is 16.7.